The molecule has 0 fully saturated rings. The Bertz CT molecular complexity index is 404. The topological polar surface area (TPSA) is 58.9 Å². The second kappa shape index (κ2) is 6.82. The third kappa shape index (κ3) is 3.42. The van der Waals surface area contributed by atoms with Crippen LogP contribution in [0.2, 0.25) is 0 Å². The molecule has 104 valence electrons. The summed E-state index contributed by atoms with van der Waals surface area (Å²) in [5, 5.41) is 19.6. The van der Waals surface area contributed by atoms with Crippen LogP contribution in [0.15, 0.2) is 42.5 Å². The molecule has 0 unspecified atom stereocenters. The maximum atomic E-state index is 10.4. The van der Waals surface area contributed by atoms with E-state index in [1.54, 1.807) is 6.08 Å². The van der Waals surface area contributed by atoms with E-state index < -0.39 is 12.4 Å². The molecule has 19 heavy (non-hydrogen) atoms. The zero-order chi connectivity index (χ0) is 13.7. The highest BCUT2D eigenvalue weighted by molar-refractivity contribution is 5.20. The van der Waals surface area contributed by atoms with Gasteiger partial charge in [0.25, 0.3) is 0 Å². The first-order valence-corrected chi connectivity index (χ1v) is 6.55. The first-order chi connectivity index (χ1) is 9.26. The molecule has 1 heterocycles. The molecule has 4 nitrogen and oxygen atoms in total. The minimum atomic E-state index is -0.686. The first-order valence-electron chi connectivity index (χ1n) is 6.55. The molecule has 1 aromatic carbocycles. The molecule has 0 radical (unpaired) electrons. The van der Waals surface area contributed by atoms with Crippen LogP contribution in [-0.2, 0) is 9.47 Å². The molecule has 0 bridgehead atoms. The second-order valence-electron chi connectivity index (χ2n) is 4.50. The number of hydrogen-bond acceptors (Lipinski definition) is 4. The number of ether oxygens (including phenoxy) is 2. The standard InChI is InChI=1S/C15H20O4/c1-2-18-15-13(9-8-12(10-16)19-15)14(17)11-6-4-3-5-7-11/h3-9,12-17H,2,10H2,1H3/t12-,13-,14+,15+/m0/s1. The lowest BCUT2D eigenvalue weighted by Gasteiger charge is -2.34. The van der Waals surface area contributed by atoms with Crippen LogP contribution in [0.25, 0.3) is 0 Å². The molecular formula is C15H20O4. The van der Waals surface area contributed by atoms with Gasteiger partial charge in [-0.25, -0.2) is 0 Å². The summed E-state index contributed by atoms with van der Waals surface area (Å²) in [6.45, 7) is 2.28. The Balaban J connectivity index is 2.16. The fourth-order valence-electron chi connectivity index (χ4n) is 2.20. The van der Waals surface area contributed by atoms with Crippen molar-refractivity contribution in [1.29, 1.82) is 0 Å². The predicted octanol–water partition coefficient (Wildman–Crippen LogP) is 1.65. The molecule has 0 saturated heterocycles. The Morgan fingerprint density at radius 3 is 2.63 bits per heavy atom. The maximum absolute atomic E-state index is 10.4. The van der Waals surface area contributed by atoms with Crippen molar-refractivity contribution in [1.82, 2.24) is 0 Å². The minimum Gasteiger partial charge on any atom is -0.393 e. The second-order valence-corrected chi connectivity index (χ2v) is 4.50. The Morgan fingerprint density at radius 2 is 2.00 bits per heavy atom. The van der Waals surface area contributed by atoms with Gasteiger partial charge in [-0.05, 0) is 12.5 Å². The van der Waals surface area contributed by atoms with Gasteiger partial charge in [0.2, 0.25) is 0 Å². The lowest BCUT2D eigenvalue weighted by Crippen LogP contribution is -2.38. The molecular weight excluding hydrogens is 244 g/mol. The van der Waals surface area contributed by atoms with E-state index in [9.17, 15) is 5.11 Å². The lowest BCUT2D eigenvalue weighted by molar-refractivity contribution is -0.205. The van der Waals surface area contributed by atoms with Gasteiger partial charge in [0.1, 0.15) is 6.10 Å². The Morgan fingerprint density at radius 1 is 1.26 bits per heavy atom. The molecule has 0 aliphatic carbocycles. The Kier molecular flexibility index (Phi) is 5.10. The van der Waals surface area contributed by atoms with E-state index in [2.05, 4.69) is 0 Å². The summed E-state index contributed by atoms with van der Waals surface area (Å²) in [5.74, 6) is -0.273. The van der Waals surface area contributed by atoms with Crippen LogP contribution in [0.1, 0.15) is 18.6 Å². The van der Waals surface area contributed by atoms with Crippen molar-refractivity contribution in [3.8, 4) is 0 Å². The number of benzene rings is 1. The molecule has 2 N–H and O–H groups in total. The van der Waals surface area contributed by atoms with Gasteiger partial charge in [-0.3, -0.25) is 0 Å². The predicted molar refractivity (Wildman–Crippen MR) is 71.4 cm³/mol. The summed E-state index contributed by atoms with van der Waals surface area (Å²) in [6.07, 6.45) is 2.04. The maximum Gasteiger partial charge on any atom is 0.167 e. The summed E-state index contributed by atoms with van der Waals surface area (Å²) in [5.41, 5.74) is 0.827. The lowest BCUT2D eigenvalue weighted by atomic mass is 9.92. The number of rotatable bonds is 5. The number of aliphatic hydroxyl groups is 2. The molecule has 1 aliphatic heterocycles. The van der Waals surface area contributed by atoms with E-state index in [-0.39, 0.29) is 18.6 Å². The zero-order valence-electron chi connectivity index (χ0n) is 11.0. The van der Waals surface area contributed by atoms with Crippen LogP contribution >= 0.6 is 0 Å². The monoisotopic (exact) mass is 264 g/mol. The van der Waals surface area contributed by atoms with Crippen molar-refractivity contribution < 1.29 is 19.7 Å². The highest BCUT2D eigenvalue weighted by Crippen LogP contribution is 2.31. The van der Waals surface area contributed by atoms with Gasteiger partial charge in [-0.2, -0.15) is 0 Å². The van der Waals surface area contributed by atoms with Gasteiger partial charge in [0, 0.05) is 6.61 Å². The third-order valence-corrected chi connectivity index (χ3v) is 3.19. The fourth-order valence-corrected chi connectivity index (χ4v) is 2.20. The molecule has 0 saturated carbocycles. The van der Waals surface area contributed by atoms with E-state index in [1.807, 2.05) is 43.3 Å². The van der Waals surface area contributed by atoms with Gasteiger partial charge in [-0.1, -0.05) is 42.5 Å². The molecule has 0 aromatic heterocycles. The van der Waals surface area contributed by atoms with E-state index in [4.69, 9.17) is 14.6 Å². The number of aliphatic hydroxyl groups excluding tert-OH is 2. The van der Waals surface area contributed by atoms with Crippen LogP contribution in [0.5, 0.6) is 0 Å². The van der Waals surface area contributed by atoms with Crippen LogP contribution in [0, 0.1) is 5.92 Å². The van der Waals surface area contributed by atoms with Gasteiger partial charge < -0.3 is 19.7 Å². The van der Waals surface area contributed by atoms with Crippen molar-refractivity contribution in [2.45, 2.75) is 25.4 Å². The van der Waals surface area contributed by atoms with Crippen LogP contribution < -0.4 is 0 Å². The van der Waals surface area contributed by atoms with Crippen molar-refractivity contribution >= 4 is 0 Å². The zero-order valence-corrected chi connectivity index (χ0v) is 11.0. The highest BCUT2D eigenvalue weighted by Gasteiger charge is 2.33. The molecule has 0 amide bonds. The summed E-state index contributed by atoms with van der Waals surface area (Å²) in [7, 11) is 0. The summed E-state index contributed by atoms with van der Waals surface area (Å²) >= 11 is 0. The van der Waals surface area contributed by atoms with Crippen LogP contribution in [0.3, 0.4) is 0 Å². The normalized spacial score (nSPS) is 28.3. The van der Waals surface area contributed by atoms with Gasteiger partial charge in [-0.15, -0.1) is 0 Å². The minimum absolute atomic E-state index is 0.0891. The smallest absolute Gasteiger partial charge is 0.167 e. The summed E-state index contributed by atoms with van der Waals surface area (Å²) < 4.78 is 11.1. The molecule has 1 aromatic rings. The SMILES string of the molecule is CCO[C@@H]1O[C@H](CO)C=C[C@H]1[C@H](O)c1ccccc1. The molecule has 2 rings (SSSR count). The average Bonchev–Trinajstić information content (AvgIpc) is 2.47. The Hall–Kier alpha value is -1.20. The van der Waals surface area contributed by atoms with E-state index in [0.29, 0.717) is 6.61 Å². The Labute approximate surface area is 113 Å². The summed E-state index contributed by atoms with van der Waals surface area (Å²) in [6, 6.07) is 9.43. The van der Waals surface area contributed by atoms with Crippen molar-refractivity contribution in [3.05, 3.63) is 48.0 Å². The van der Waals surface area contributed by atoms with Gasteiger partial charge >= 0.3 is 0 Å². The van der Waals surface area contributed by atoms with E-state index in [0.717, 1.165) is 5.56 Å². The van der Waals surface area contributed by atoms with E-state index >= 15 is 0 Å². The van der Waals surface area contributed by atoms with Crippen LogP contribution in [0.4, 0.5) is 0 Å². The van der Waals surface area contributed by atoms with Crippen molar-refractivity contribution in [2.24, 2.45) is 5.92 Å². The third-order valence-electron chi connectivity index (χ3n) is 3.19. The first kappa shape index (κ1) is 14.2. The van der Waals surface area contributed by atoms with E-state index in [1.165, 1.54) is 0 Å². The molecule has 1 aliphatic rings. The molecule has 0 spiro atoms. The highest BCUT2D eigenvalue weighted by atomic mass is 16.7. The van der Waals surface area contributed by atoms with Crippen molar-refractivity contribution in [3.63, 3.8) is 0 Å². The van der Waals surface area contributed by atoms with Gasteiger partial charge in [0.05, 0.1) is 18.6 Å². The quantitative estimate of drug-likeness (QED) is 0.794. The average molecular weight is 264 g/mol. The summed E-state index contributed by atoms with van der Waals surface area (Å²) in [4.78, 5) is 0. The van der Waals surface area contributed by atoms with Crippen LogP contribution in [-0.4, -0.2) is 35.8 Å². The number of hydrogen-bond donors (Lipinski definition) is 2. The fraction of sp³-hybridized carbons (Fsp3) is 0.467. The van der Waals surface area contributed by atoms with Gasteiger partial charge in [0.15, 0.2) is 6.29 Å². The largest absolute Gasteiger partial charge is 0.393 e. The molecule has 4 heteroatoms. The molecule has 4 atom stereocenters. The van der Waals surface area contributed by atoms with Crippen molar-refractivity contribution in [2.75, 3.05) is 13.2 Å².